The van der Waals surface area contributed by atoms with Gasteiger partial charge in [-0.2, -0.15) is 0 Å². The van der Waals surface area contributed by atoms with Gasteiger partial charge in [-0.15, -0.1) is 0 Å². The number of urea groups is 1. The number of pyridine rings is 1. The summed E-state index contributed by atoms with van der Waals surface area (Å²) in [5.41, 5.74) is 3.81. The SMILES string of the molecule is CC(C)(C)OCc1cccc(CNC(=O)NCc2ccc(OCc3ccccn3)cc2)c1. The molecule has 3 aromatic rings. The summed E-state index contributed by atoms with van der Waals surface area (Å²) in [7, 11) is 0. The van der Waals surface area contributed by atoms with E-state index >= 15 is 0 Å². The van der Waals surface area contributed by atoms with Gasteiger partial charge in [-0.05, 0) is 61.7 Å². The second-order valence-electron chi connectivity index (χ2n) is 8.51. The molecule has 3 rings (SSSR count). The summed E-state index contributed by atoms with van der Waals surface area (Å²) in [6.45, 7) is 7.96. The standard InChI is InChI=1S/C26H31N3O3/c1-26(2,3)32-18-22-8-6-7-21(15-22)17-29-25(30)28-16-20-10-12-24(13-11-20)31-19-23-9-4-5-14-27-23/h4-15H,16-19H2,1-3H3,(H2,28,29,30). The van der Waals surface area contributed by atoms with E-state index in [0.717, 1.165) is 28.1 Å². The summed E-state index contributed by atoms with van der Waals surface area (Å²) >= 11 is 0. The van der Waals surface area contributed by atoms with Crippen LogP contribution in [0, 0.1) is 0 Å². The lowest BCUT2D eigenvalue weighted by molar-refractivity contribution is -0.0149. The van der Waals surface area contributed by atoms with Crippen molar-refractivity contribution >= 4 is 6.03 Å². The highest BCUT2D eigenvalue weighted by molar-refractivity contribution is 5.73. The minimum absolute atomic E-state index is 0.183. The number of ether oxygens (including phenoxy) is 2. The van der Waals surface area contributed by atoms with Gasteiger partial charge in [0, 0.05) is 19.3 Å². The number of nitrogens with zero attached hydrogens (tertiary/aromatic N) is 1. The molecule has 2 amide bonds. The van der Waals surface area contributed by atoms with Crippen LogP contribution in [0.3, 0.4) is 0 Å². The molecule has 2 aromatic carbocycles. The van der Waals surface area contributed by atoms with Crippen LogP contribution in [0.15, 0.2) is 72.9 Å². The van der Waals surface area contributed by atoms with Crippen LogP contribution < -0.4 is 15.4 Å². The van der Waals surface area contributed by atoms with E-state index < -0.39 is 0 Å². The van der Waals surface area contributed by atoms with Gasteiger partial charge >= 0.3 is 6.03 Å². The molecule has 0 atom stereocenters. The maximum absolute atomic E-state index is 12.2. The van der Waals surface area contributed by atoms with Gasteiger partial charge in [0.05, 0.1) is 17.9 Å². The lowest BCUT2D eigenvalue weighted by atomic mass is 10.1. The molecule has 0 radical (unpaired) electrons. The fourth-order valence-electron chi connectivity index (χ4n) is 2.90. The number of amides is 2. The molecular weight excluding hydrogens is 402 g/mol. The van der Waals surface area contributed by atoms with Gasteiger partial charge in [0.15, 0.2) is 0 Å². The number of nitrogens with one attached hydrogen (secondary N) is 2. The highest BCUT2D eigenvalue weighted by Crippen LogP contribution is 2.14. The van der Waals surface area contributed by atoms with Crippen molar-refractivity contribution in [3.05, 3.63) is 95.3 Å². The molecule has 0 spiro atoms. The zero-order chi connectivity index (χ0) is 22.8. The van der Waals surface area contributed by atoms with E-state index in [0.29, 0.717) is 26.3 Å². The molecule has 0 saturated heterocycles. The average molecular weight is 434 g/mol. The van der Waals surface area contributed by atoms with Gasteiger partial charge in [0.25, 0.3) is 0 Å². The van der Waals surface area contributed by atoms with Gasteiger partial charge < -0.3 is 20.1 Å². The van der Waals surface area contributed by atoms with Gasteiger partial charge in [-0.1, -0.05) is 42.5 Å². The Morgan fingerprint density at radius 1 is 0.844 bits per heavy atom. The molecule has 0 aliphatic heterocycles. The molecule has 0 aliphatic rings. The van der Waals surface area contributed by atoms with Crippen molar-refractivity contribution in [3.8, 4) is 5.75 Å². The van der Waals surface area contributed by atoms with Crippen molar-refractivity contribution in [2.75, 3.05) is 0 Å². The Kier molecular flexibility index (Phi) is 8.22. The van der Waals surface area contributed by atoms with Gasteiger partial charge in [0.1, 0.15) is 12.4 Å². The average Bonchev–Trinajstić information content (AvgIpc) is 2.80. The van der Waals surface area contributed by atoms with Crippen molar-refractivity contribution in [2.24, 2.45) is 0 Å². The molecule has 0 unspecified atom stereocenters. The van der Waals surface area contributed by atoms with Crippen LogP contribution in [0.4, 0.5) is 4.79 Å². The highest BCUT2D eigenvalue weighted by Gasteiger charge is 2.10. The molecule has 0 saturated carbocycles. The Labute approximate surface area is 190 Å². The van der Waals surface area contributed by atoms with E-state index in [4.69, 9.17) is 9.47 Å². The molecule has 6 nitrogen and oxygen atoms in total. The number of hydrogen-bond acceptors (Lipinski definition) is 4. The summed E-state index contributed by atoms with van der Waals surface area (Å²) in [6.07, 6.45) is 1.75. The zero-order valence-corrected chi connectivity index (χ0v) is 18.9. The molecular formula is C26H31N3O3. The Morgan fingerprint density at radius 3 is 2.25 bits per heavy atom. The van der Waals surface area contributed by atoms with E-state index in [1.807, 2.05) is 81.4 Å². The third kappa shape index (κ3) is 8.40. The van der Waals surface area contributed by atoms with Gasteiger partial charge in [-0.3, -0.25) is 4.98 Å². The predicted octanol–water partition coefficient (Wildman–Crippen LogP) is 4.98. The van der Waals surface area contributed by atoms with Crippen molar-refractivity contribution in [2.45, 2.75) is 52.7 Å². The number of hydrogen-bond donors (Lipinski definition) is 2. The normalized spacial score (nSPS) is 11.1. The number of benzene rings is 2. The number of carbonyl (C=O) groups is 1. The van der Waals surface area contributed by atoms with Crippen LogP contribution >= 0.6 is 0 Å². The number of rotatable bonds is 9. The van der Waals surface area contributed by atoms with Gasteiger partial charge in [-0.25, -0.2) is 4.79 Å². The first kappa shape index (κ1) is 23.3. The highest BCUT2D eigenvalue weighted by atomic mass is 16.5. The zero-order valence-electron chi connectivity index (χ0n) is 18.9. The smallest absolute Gasteiger partial charge is 0.315 e. The lowest BCUT2D eigenvalue weighted by Crippen LogP contribution is -2.34. The second kappa shape index (κ2) is 11.3. The Balaban J connectivity index is 1.39. The van der Waals surface area contributed by atoms with Crippen molar-refractivity contribution in [1.29, 1.82) is 0 Å². The second-order valence-corrected chi connectivity index (χ2v) is 8.51. The van der Waals surface area contributed by atoms with Crippen LogP contribution in [-0.4, -0.2) is 16.6 Å². The Bertz CT molecular complexity index is 983. The molecule has 32 heavy (non-hydrogen) atoms. The minimum atomic E-state index is -0.211. The molecule has 1 aromatic heterocycles. The van der Waals surface area contributed by atoms with Crippen LogP contribution in [-0.2, 0) is 31.0 Å². The molecule has 1 heterocycles. The van der Waals surface area contributed by atoms with Crippen LogP contribution in [0.1, 0.15) is 43.2 Å². The molecule has 6 heteroatoms. The van der Waals surface area contributed by atoms with E-state index in [2.05, 4.69) is 21.7 Å². The third-order valence-electron chi connectivity index (χ3n) is 4.61. The molecule has 0 fully saturated rings. The molecule has 0 aliphatic carbocycles. The topological polar surface area (TPSA) is 72.5 Å². The largest absolute Gasteiger partial charge is 0.487 e. The minimum Gasteiger partial charge on any atom is -0.487 e. The van der Waals surface area contributed by atoms with Crippen LogP contribution in [0.2, 0.25) is 0 Å². The summed E-state index contributed by atoms with van der Waals surface area (Å²) < 4.78 is 11.6. The number of carbonyl (C=O) groups excluding carboxylic acids is 1. The summed E-state index contributed by atoms with van der Waals surface area (Å²) in [5.74, 6) is 0.763. The maximum atomic E-state index is 12.2. The summed E-state index contributed by atoms with van der Waals surface area (Å²) in [6, 6.07) is 21.2. The van der Waals surface area contributed by atoms with Crippen molar-refractivity contribution in [3.63, 3.8) is 0 Å². The van der Waals surface area contributed by atoms with E-state index in [1.165, 1.54) is 0 Å². The molecule has 0 bridgehead atoms. The first-order valence-electron chi connectivity index (χ1n) is 10.7. The first-order valence-corrected chi connectivity index (χ1v) is 10.7. The Morgan fingerprint density at radius 2 is 1.56 bits per heavy atom. The number of aromatic nitrogens is 1. The fraction of sp³-hybridized carbons (Fsp3) is 0.308. The summed E-state index contributed by atoms with van der Waals surface area (Å²) in [5, 5.41) is 5.78. The summed E-state index contributed by atoms with van der Waals surface area (Å²) in [4.78, 5) is 16.4. The maximum Gasteiger partial charge on any atom is 0.315 e. The van der Waals surface area contributed by atoms with E-state index in [9.17, 15) is 4.79 Å². The predicted molar refractivity (Wildman–Crippen MR) is 125 cm³/mol. The molecule has 168 valence electrons. The van der Waals surface area contributed by atoms with Gasteiger partial charge in [0.2, 0.25) is 0 Å². The first-order chi connectivity index (χ1) is 15.4. The monoisotopic (exact) mass is 433 g/mol. The quantitative estimate of drug-likeness (QED) is 0.499. The van der Waals surface area contributed by atoms with Crippen molar-refractivity contribution < 1.29 is 14.3 Å². The Hall–Kier alpha value is -3.38. The third-order valence-corrected chi connectivity index (χ3v) is 4.61. The molecule has 2 N–H and O–H groups in total. The van der Waals surface area contributed by atoms with E-state index in [-0.39, 0.29) is 11.6 Å². The van der Waals surface area contributed by atoms with E-state index in [1.54, 1.807) is 6.20 Å². The lowest BCUT2D eigenvalue weighted by Gasteiger charge is -2.19. The van der Waals surface area contributed by atoms with Crippen molar-refractivity contribution in [1.82, 2.24) is 15.6 Å². The fourth-order valence-corrected chi connectivity index (χ4v) is 2.90. The van der Waals surface area contributed by atoms with Crippen LogP contribution in [0.5, 0.6) is 5.75 Å². The van der Waals surface area contributed by atoms with Crippen LogP contribution in [0.25, 0.3) is 0 Å².